The van der Waals surface area contributed by atoms with Crippen LogP contribution in [0.15, 0.2) is 23.4 Å². The van der Waals surface area contributed by atoms with Crippen LogP contribution in [-0.2, 0) is 6.42 Å². The minimum absolute atomic E-state index is 0.0737. The number of aromatic amines is 2. The summed E-state index contributed by atoms with van der Waals surface area (Å²) < 4.78 is 0. The molecule has 2 rings (SSSR count). The zero-order valence-electron chi connectivity index (χ0n) is 10.1. The van der Waals surface area contributed by atoms with E-state index in [1.54, 1.807) is 24.0 Å². The fourth-order valence-electron chi connectivity index (χ4n) is 1.45. The second kappa shape index (κ2) is 6.25. The highest BCUT2D eigenvalue weighted by molar-refractivity contribution is 7.99. The maximum Gasteiger partial charge on any atom is 0.267 e. The van der Waals surface area contributed by atoms with E-state index < -0.39 is 0 Å². The van der Waals surface area contributed by atoms with Gasteiger partial charge in [-0.05, 0) is 18.6 Å². The predicted molar refractivity (Wildman–Crippen MR) is 69.6 cm³/mol. The quantitative estimate of drug-likeness (QED) is 0.541. The molecule has 0 spiro atoms. The SMILES string of the molecule is CCc1ccc(C(=O)NCCSc2cn[nH]n2)[nH]1. The Kier molecular flexibility index (Phi) is 4.40. The van der Waals surface area contributed by atoms with Crippen LogP contribution >= 0.6 is 11.8 Å². The lowest BCUT2D eigenvalue weighted by Crippen LogP contribution is -2.26. The van der Waals surface area contributed by atoms with Crippen molar-refractivity contribution in [3.63, 3.8) is 0 Å². The molecule has 2 heterocycles. The molecular formula is C11H15N5OS. The van der Waals surface area contributed by atoms with Gasteiger partial charge in [-0.2, -0.15) is 10.3 Å². The highest BCUT2D eigenvalue weighted by Gasteiger charge is 2.07. The van der Waals surface area contributed by atoms with Crippen molar-refractivity contribution in [2.24, 2.45) is 0 Å². The largest absolute Gasteiger partial charge is 0.354 e. The molecule has 0 aliphatic heterocycles. The monoisotopic (exact) mass is 265 g/mol. The molecule has 0 aliphatic rings. The van der Waals surface area contributed by atoms with Crippen LogP contribution in [-0.4, -0.2) is 38.6 Å². The van der Waals surface area contributed by atoms with Gasteiger partial charge < -0.3 is 10.3 Å². The van der Waals surface area contributed by atoms with Gasteiger partial charge in [0.1, 0.15) is 10.7 Å². The minimum atomic E-state index is -0.0737. The molecule has 0 bridgehead atoms. The molecule has 2 aromatic heterocycles. The normalized spacial score (nSPS) is 10.5. The second-order valence-electron chi connectivity index (χ2n) is 3.66. The molecule has 2 aromatic rings. The van der Waals surface area contributed by atoms with E-state index in [1.807, 2.05) is 13.0 Å². The van der Waals surface area contributed by atoms with Gasteiger partial charge in [0.25, 0.3) is 5.91 Å². The maximum absolute atomic E-state index is 11.7. The summed E-state index contributed by atoms with van der Waals surface area (Å²) in [5, 5.41) is 13.8. The molecule has 0 saturated heterocycles. The second-order valence-corrected chi connectivity index (χ2v) is 4.78. The number of nitrogens with zero attached hydrogens (tertiary/aromatic N) is 2. The number of rotatable bonds is 6. The van der Waals surface area contributed by atoms with Crippen molar-refractivity contribution >= 4 is 17.7 Å². The Morgan fingerprint density at radius 3 is 3.06 bits per heavy atom. The lowest BCUT2D eigenvalue weighted by Gasteiger charge is -2.02. The van der Waals surface area contributed by atoms with Crippen molar-refractivity contribution in [2.75, 3.05) is 12.3 Å². The van der Waals surface area contributed by atoms with Gasteiger partial charge in [-0.1, -0.05) is 6.92 Å². The van der Waals surface area contributed by atoms with Crippen molar-refractivity contribution in [3.05, 3.63) is 29.7 Å². The van der Waals surface area contributed by atoms with Gasteiger partial charge in [0.05, 0.1) is 6.20 Å². The zero-order chi connectivity index (χ0) is 12.8. The number of hydrogen-bond acceptors (Lipinski definition) is 4. The first-order valence-electron chi connectivity index (χ1n) is 5.74. The third kappa shape index (κ3) is 3.36. The van der Waals surface area contributed by atoms with Crippen LogP contribution in [0.4, 0.5) is 0 Å². The Balaban J connectivity index is 1.71. The molecule has 1 amide bonds. The molecule has 0 unspecified atom stereocenters. The van der Waals surface area contributed by atoms with Crippen LogP contribution in [0.25, 0.3) is 0 Å². The number of aromatic nitrogens is 4. The van der Waals surface area contributed by atoms with Crippen LogP contribution < -0.4 is 5.32 Å². The average molecular weight is 265 g/mol. The number of amides is 1. The first kappa shape index (κ1) is 12.7. The summed E-state index contributed by atoms with van der Waals surface area (Å²) in [7, 11) is 0. The molecule has 0 atom stereocenters. The summed E-state index contributed by atoms with van der Waals surface area (Å²) in [5.74, 6) is 0.690. The van der Waals surface area contributed by atoms with E-state index in [0.29, 0.717) is 12.2 Å². The Bertz CT molecular complexity index is 493. The molecule has 7 heteroatoms. The summed E-state index contributed by atoms with van der Waals surface area (Å²) >= 11 is 1.54. The molecule has 3 N–H and O–H groups in total. The third-order valence-electron chi connectivity index (χ3n) is 2.40. The van der Waals surface area contributed by atoms with Crippen LogP contribution in [0.1, 0.15) is 23.1 Å². The summed E-state index contributed by atoms with van der Waals surface area (Å²) in [5.41, 5.74) is 1.68. The molecule has 0 fully saturated rings. The van der Waals surface area contributed by atoms with E-state index in [9.17, 15) is 4.79 Å². The highest BCUT2D eigenvalue weighted by Crippen LogP contribution is 2.11. The van der Waals surface area contributed by atoms with Crippen LogP contribution in [0.3, 0.4) is 0 Å². The molecule has 0 aliphatic carbocycles. The molecule has 0 saturated carbocycles. The van der Waals surface area contributed by atoms with Gasteiger partial charge in [0.15, 0.2) is 0 Å². The summed E-state index contributed by atoms with van der Waals surface area (Å²) in [6, 6.07) is 3.73. The predicted octanol–water partition coefficient (Wildman–Crippen LogP) is 1.22. The van der Waals surface area contributed by atoms with Crippen molar-refractivity contribution < 1.29 is 4.79 Å². The Hall–Kier alpha value is -1.76. The lowest BCUT2D eigenvalue weighted by atomic mass is 10.3. The van der Waals surface area contributed by atoms with Crippen LogP contribution in [0, 0.1) is 0 Å². The van der Waals surface area contributed by atoms with Crippen molar-refractivity contribution in [1.29, 1.82) is 0 Å². The van der Waals surface area contributed by atoms with Gasteiger partial charge in [0.2, 0.25) is 0 Å². The number of hydrogen-bond donors (Lipinski definition) is 3. The standard InChI is InChI=1S/C11H15N5OS/c1-2-8-3-4-9(14-8)11(17)12-5-6-18-10-7-13-16-15-10/h3-4,7,14H,2,5-6H2,1H3,(H,12,17)(H,13,15,16). The Labute approximate surface area is 109 Å². The topological polar surface area (TPSA) is 86.5 Å². The van der Waals surface area contributed by atoms with E-state index in [-0.39, 0.29) is 5.91 Å². The first-order valence-corrected chi connectivity index (χ1v) is 6.73. The fraction of sp³-hybridized carbons (Fsp3) is 0.364. The lowest BCUT2D eigenvalue weighted by molar-refractivity contribution is 0.0951. The maximum atomic E-state index is 11.7. The average Bonchev–Trinajstić information content (AvgIpc) is 3.05. The number of thioether (sulfide) groups is 1. The summed E-state index contributed by atoms with van der Waals surface area (Å²) in [6.07, 6.45) is 2.56. The fourth-order valence-corrected chi connectivity index (χ4v) is 2.10. The van der Waals surface area contributed by atoms with E-state index in [4.69, 9.17) is 0 Å². The molecule has 0 aromatic carbocycles. The van der Waals surface area contributed by atoms with E-state index in [2.05, 4.69) is 25.7 Å². The molecule has 96 valence electrons. The molecule has 18 heavy (non-hydrogen) atoms. The van der Waals surface area contributed by atoms with Crippen molar-refractivity contribution in [3.8, 4) is 0 Å². The van der Waals surface area contributed by atoms with Gasteiger partial charge in [-0.3, -0.25) is 4.79 Å². The molecular weight excluding hydrogens is 250 g/mol. The third-order valence-corrected chi connectivity index (χ3v) is 3.30. The number of carbonyl (C=O) groups is 1. The van der Waals surface area contributed by atoms with Gasteiger partial charge >= 0.3 is 0 Å². The molecule has 0 radical (unpaired) electrons. The summed E-state index contributed by atoms with van der Waals surface area (Å²) in [4.78, 5) is 14.8. The van der Waals surface area contributed by atoms with E-state index >= 15 is 0 Å². The summed E-state index contributed by atoms with van der Waals surface area (Å²) in [6.45, 7) is 2.64. The number of aryl methyl sites for hydroxylation is 1. The zero-order valence-corrected chi connectivity index (χ0v) is 10.9. The van der Waals surface area contributed by atoms with Crippen molar-refractivity contribution in [1.82, 2.24) is 25.7 Å². The van der Waals surface area contributed by atoms with E-state index in [0.717, 1.165) is 22.9 Å². The van der Waals surface area contributed by atoms with E-state index in [1.165, 1.54) is 0 Å². The number of nitrogens with one attached hydrogen (secondary N) is 3. The van der Waals surface area contributed by atoms with Crippen LogP contribution in [0.2, 0.25) is 0 Å². The van der Waals surface area contributed by atoms with Crippen molar-refractivity contribution in [2.45, 2.75) is 18.4 Å². The van der Waals surface area contributed by atoms with Gasteiger partial charge in [-0.15, -0.1) is 16.9 Å². The van der Waals surface area contributed by atoms with Gasteiger partial charge in [0, 0.05) is 18.0 Å². The first-order chi connectivity index (χ1) is 8.79. The smallest absolute Gasteiger partial charge is 0.267 e. The minimum Gasteiger partial charge on any atom is -0.354 e. The number of carbonyl (C=O) groups excluding carboxylic acids is 1. The highest BCUT2D eigenvalue weighted by atomic mass is 32.2. The Morgan fingerprint density at radius 2 is 2.39 bits per heavy atom. The number of H-pyrrole nitrogens is 2. The van der Waals surface area contributed by atoms with Gasteiger partial charge in [-0.25, -0.2) is 0 Å². The van der Waals surface area contributed by atoms with Crippen LogP contribution in [0.5, 0.6) is 0 Å². The Morgan fingerprint density at radius 1 is 1.50 bits per heavy atom. The molecule has 6 nitrogen and oxygen atoms in total.